The van der Waals surface area contributed by atoms with Crippen LogP contribution in [0.2, 0.25) is 5.02 Å². The number of nitrogens with zero attached hydrogens (tertiary/aromatic N) is 1. The highest BCUT2D eigenvalue weighted by atomic mass is 35.5. The monoisotopic (exact) mass is 191 g/mol. The van der Waals surface area contributed by atoms with Gasteiger partial charge in [0, 0.05) is 11.1 Å². The van der Waals surface area contributed by atoms with Crippen molar-refractivity contribution in [1.29, 1.82) is 5.26 Å². The summed E-state index contributed by atoms with van der Waals surface area (Å²) < 4.78 is 0. The topological polar surface area (TPSA) is 23.8 Å². The predicted molar refractivity (Wildman–Crippen MR) is 55.5 cm³/mol. The third-order valence-corrected chi connectivity index (χ3v) is 2.14. The Morgan fingerprint density at radius 3 is 2.77 bits per heavy atom. The smallest absolute Gasteiger partial charge is 0.0915 e. The fourth-order valence-corrected chi connectivity index (χ4v) is 1.50. The van der Waals surface area contributed by atoms with Crippen LogP contribution in [0.25, 0.3) is 5.57 Å². The third kappa shape index (κ3) is 2.34. The Hall–Kier alpha value is -1.26. The predicted octanol–water partition coefficient (Wildman–Crippen LogP) is 3.58. The Morgan fingerprint density at radius 1 is 1.54 bits per heavy atom. The fraction of sp³-hybridized carbons (Fsp3) is 0.182. The summed E-state index contributed by atoms with van der Waals surface area (Å²) in [5.41, 5.74) is 2.94. The van der Waals surface area contributed by atoms with Crippen LogP contribution in [0.15, 0.2) is 24.3 Å². The molecule has 1 aromatic rings. The Bertz CT molecular complexity index is 386. The van der Waals surface area contributed by atoms with E-state index in [9.17, 15) is 0 Å². The standard InChI is InChI=1S/C11H10ClN/c1-8-3-4-10(11(12)7-8)9(2)5-6-13/h3-5,7H,1-2H3/b9-5-. The Morgan fingerprint density at radius 2 is 2.23 bits per heavy atom. The minimum atomic E-state index is 0.698. The van der Waals surface area contributed by atoms with E-state index in [1.54, 1.807) is 0 Å². The molecule has 1 aromatic carbocycles. The average Bonchev–Trinajstić information content (AvgIpc) is 2.04. The number of nitriles is 1. The van der Waals surface area contributed by atoms with Crippen molar-refractivity contribution >= 4 is 17.2 Å². The van der Waals surface area contributed by atoms with Crippen molar-refractivity contribution in [2.24, 2.45) is 0 Å². The van der Waals surface area contributed by atoms with Crippen LogP contribution < -0.4 is 0 Å². The van der Waals surface area contributed by atoms with Crippen LogP contribution in [0, 0.1) is 18.3 Å². The van der Waals surface area contributed by atoms with E-state index >= 15 is 0 Å². The molecule has 0 radical (unpaired) electrons. The van der Waals surface area contributed by atoms with Crippen LogP contribution >= 0.6 is 11.6 Å². The maximum Gasteiger partial charge on any atom is 0.0915 e. The largest absolute Gasteiger partial charge is 0.193 e. The van der Waals surface area contributed by atoms with Crippen LogP contribution in [-0.2, 0) is 0 Å². The van der Waals surface area contributed by atoms with E-state index in [1.165, 1.54) is 6.08 Å². The second-order valence-corrected chi connectivity index (χ2v) is 3.35. The second-order valence-electron chi connectivity index (χ2n) is 2.94. The molecule has 0 aliphatic carbocycles. The number of hydrogen-bond acceptors (Lipinski definition) is 1. The van der Waals surface area contributed by atoms with Gasteiger partial charge < -0.3 is 0 Å². The highest BCUT2D eigenvalue weighted by Crippen LogP contribution is 2.24. The van der Waals surface area contributed by atoms with Crippen LogP contribution in [0.3, 0.4) is 0 Å². The molecule has 66 valence electrons. The quantitative estimate of drug-likeness (QED) is 0.623. The summed E-state index contributed by atoms with van der Waals surface area (Å²) in [6.45, 7) is 3.86. The summed E-state index contributed by atoms with van der Waals surface area (Å²) in [4.78, 5) is 0. The molecule has 0 amide bonds. The molecule has 0 bridgehead atoms. The van der Waals surface area contributed by atoms with Gasteiger partial charge in [-0.15, -0.1) is 0 Å². The van der Waals surface area contributed by atoms with Gasteiger partial charge in [0.15, 0.2) is 0 Å². The minimum absolute atomic E-state index is 0.698. The third-order valence-electron chi connectivity index (χ3n) is 1.83. The van der Waals surface area contributed by atoms with E-state index in [4.69, 9.17) is 16.9 Å². The highest BCUT2D eigenvalue weighted by molar-refractivity contribution is 6.32. The molecule has 2 heteroatoms. The van der Waals surface area contributed by atoms with Gasteiger partial charge in [-0.25, -0.2) is 0 Å². The average molecular weight is 192 g/mol. The maximum absolute atomic E-state index is 8.47. The van der Waals surface area contributed by atoms with E-state index < -0.39 is 0 Å². The normalized spacial score (nSPS) is 11.1. The minimum Gasteiger partial charge on any atom is -0.193 e. The number of allylic oxidation sites excluding steroid dienone is 2. The van der Waals surface area contributed by atoms with E-state index in [0.29, 0.717) is 5.02 Å². The number of rotatable bonds is 1. The molecule has 13 heavy (non-hydrogen) atoms. The molecule has 0 aliphatic rings. The van der Waals surface area contributed by atoms with Gasteiger partial charge in [0.25, 0.3) is 0 Å². The van der Waals surface area contributed by atoms with Gasteiger partial charge in [-0.1, -0.05) is 23.7 Å². The zero-order valence-corrected chi connectivity index (χ0v) is 8.39. The first-order valence-corrected chi connectivity index (χ1v) is 4.36. The lowest BCUT2D eigenvalue weighted by molar-refractivity contribution is 1.44. The lowest BCUT2D eigenvalue weighted by Gasteiger charge is -2.03. The van der Waals surface area contributed by atoms with Crippen LogP contribution in [0.5, 0.6) is 0 Å². The molecule has 1 rings (SSSR count). The summed E-state index contributed by atoms with van der Waals surface area (Å²) in [5.74, 6) is 0. The molecule has 0 saturated carbocycles. The molecule has 0 unspecified atom stereocenters. The molecule has 0 N–H and O–H groups in total. The SMILES string of the molecule is C/C(=C/C#N)c1ccc(C)cc1Cl. The molecular formula is C11H10ClN. The van der Waals surface area contributed by atoms with Crippen molar-refractivity contribution in [2.75, 3.05) is 0 Å². The Labute approximate surface area is 83.3 Å². The number of aryl methyl sites for hydroxylation is 1. The maximum atomic E-state index is 8.47. The first kappa shape index (κ1) is 9.83. The molecule has 1 nitrogen and oxygen atoms in total. The van der Waals surface area contributed by atoms with Gasteiger partial charge >= 0.3 is 0 Å². The van der Waals surface area contributed by atoms with Gasteiger partial charge in [0.2, 0.25) is 0 Å². The molecule has 0 aromatic heterocycles. The van der Waals surface area contributed by atoms with Crippen molar-refractivity contribution in [1.82, 2.24) is 0 Å². The Balaban J connectivity index is 3.18. The molecule has 0 spiro atoms. The summed E-state index contributed by atoms with van der Waals surface area (Å²) in [7, 11) is 0. The fourth-order valence-electron chi connectivity index (χ4n) is 1.11. The molecule has 0 fully saturated rings. The van der Waals surface area contributed by atoms with Gasteiger partial charge in [0.05, 0.1) is 6.07 Å². The molecular weight excluding hydrogens is 182 g/mol. The van der Waals surface area contributed by atoms with Gasteiger partial charge in [-0.2, -0.15) is 5.26 Å². The van der Waals surface area contributed by atoms with E-state index in [1.807, 2.05) is 38.1 Å². The number of hydrogen-bond donors (Lipinski definition) is 0. The van der Waals surface area contributed by atoms with Crippen molar-refractivity contribution in [3.8, 4) is 6.07 Å². The number of benzene rings is 1. The zero-order chi connectivity index (χ0) is 9.84. The summed E-state index contributed by atoms with van der Waals surface area (Å²) in [6.07, 6.45) is 1.50. The van der Waals surface area contributed by atoms with Crippen molar-refractivity contribution in [2.45, 2.75) is 13.8 Å². The van der Waals surface area contributed by atoms with Gasteiger partial charge in [-0.05, 0) is 36.6 Å². The van der Waals surface area contributed by atoms with Crippen LogP contribution in [0.1, 0.15) is 18.1 Å². The first-order valence-electron chi connectivity index (χ1n) is 3.98. The summed E-state index contributed by atoms with van der Waals surface area (Å²) >= 11 is 6.01. The lowest BCUT2D eigenvalue weighted by Crippen LogP contribution is -1.82. The Kier molecular flexibility index (Phi) is 3.11. The van der Waals surface area contributed by atoms with Crippen molar-refractivity contribution < 1.29 is 0 Å². The summed E-state index contributed by atoms with van der Waals surface area (Å²) in [5, 5.41) is 9.17. The van der Waals surface area contributed by atoms with Crippen molar-refractivity contribution in [3.05, 3.63) is 40.4 Å². The van der Waals surface area contributed by atoms with E-state index in [2.05, 4.69) is 0 Å². The van der Waals surface area contributed by atoms with Crippen molar-refractivity contribution in [3.63, 3.8) is 0 Å². The van der Waals surface area contributed by atoms with Crippen LogP contribution in [0.4, 0.5) is 0 Å². The van der Waals surface area contributed by atoms with E-state index in [0.717, 1.165) is 16.7 Å². The second kappa shape index (κ2) is 4.11. The zero-order valence-electron chi connectivity index (χ0n) is 7.63. The highest BCUT2D eigenvalue weighted by Gasteiger charge is 2.01. The van der Waals surface area contributed by atoms with Gasteiger partial charge in [0.1, 0.15) is 0 Å². The molecule has 0 aliphatic heterocycles. The molecule has 0 saturated heterocycles. The lowest BCUT2D eigenvalue weighted by atomic mass is 10.1. The van der Waals surface area contributed by atoms with Gasteiger partial charge in [-0.3, -0.25) is 0 Å². The molecule has 0 heterocycles. The number of halogens is 1. The molecule has 0 atom stereocenters. The van der Waals surface area contributed by atoms with E-state index in [-0.39, 0.29) is 0 Å². The van der Waals surface area contributed by atoms with Crippen LogP contribution in [-0.4, -0.2) is 0 Å². The summed E-state index contributed by atoms with van der Waals surface area (Å²) in [6, 6.07) is 7.80. The first-order chi connectivity index (χ1) is 6.15.